The number of aryl methyl sites for hydroxylation is 1. The first-order valence-electron chi connectivity index (χ1n) is 4.46. The van der Waals surface area contributed by atoms with Gasteiger partial charge in [-0.05, 0) is 24.1 Å². The molecule has 0 heterocycles. The van der Waals surface area contributed by atoms with Gasteiger partial charge in [-0.1, -0.05) is 12.1 Å². The van der Waals surface area contributed by atoms with Crippen LogP contribution in [0.25, 0.3) is 0 Å². The highest BCUT2D eigenvalue weighted by Crippen LogP contribution is 2.22. The van der Waals surface area contributed by atoms with Crippen molar-refractivity contribution >= 4 is 0 Å². The number of benzene rings is 1. The second-order valence-electron chi connectivity index (χ2n) is 3.20. The molecule has 0 amide bonds. The Morgan fingerprint density at radius 1 is 1.57 bits per heavy atom. The zero-order valence-corrected chi connectivity index (χ0v) is 8.45. The summed E-state index contributed by atoms with van der Waals surface area (Å²) in [5.74, 6) is 0.845. The lowest BCUT2D eigenvalue weighted by Crippen LogP contribution is -2.09. The fourth-order valence-electron chi connectivity index (χ4n) is 1.35. The van der Waals surface area contributed by atoms with Crippen molar-refractivity contribution in [2.24, 2.45) is 5.73 Å². The Morgan fingerprint density at radius 3 is 2.79 bits per heavy atom. The summed E-state index contributed by atoms with van der Waals surface area (Å²) in [6.45, 7) is 1.96. The number of nitrogens with two attached hydrogens (primary N) is 1. The highest BCUT2D eigenvalue weighted by atomic mass is 16.5. The van der Waals surface area contributed by atoms with E-state index in [1.54, 1.807) is 7.11 Å². The molecular weight excluding hydrogens is 176 g/mol. The van der Waals surface area contributed by atoms with Crippen LogP contribution >= 0.6 is 0 Å². The quantitative estimate of drug-likeness (QED) is 0.792. The monoisotopic (exact) mass is 190 g/mol. The summed E-state index contributed by atoms with van der Waals surface area (Å²) in [7, 11) is 1.64. The highest BCUT2D eigenvalue weighted by Gasteiger charge is 2.07. The lowest BCUT2D eigenvalue weighted by molar-refractivity contribution is 0.411. The molecular formula is C11H14N2O. The number of nitrogens with zero attached hydrogens (tertiary/aromatic N) is 1. The molecule has 0 saturated heterocycles. The lowest BCUT2D eigenvalue weighted by atomic mass is 10.0. The minimum absolute atomic E-state index is 0.204. The molecule has 3 nitrogen and oxygen atoms in total. The van der Waals surface area contributed by atoms with E-state index in [1.807, 2.05) is 25.1 Å². The molecule has 14 heavy (non-hydrogen) atoms. The topological polar surface area (TPSA) is 59.0 Å². The van der Waals surface area contributed by atoms with Gasteiger partial charge in [-0.25, -0.2) is 0 Å². The van der Waals surface area contributed by atoms with E-state index in [-0.39, 0.29) is 6.04 Å². The highest BCUT2D eigenvalue weighted by molar-refractivity contribution is 5.37. The van der Waals surface area contributed by atoms with Crippen molar-refractivity contribution in [1.29, 1.82) is 5.26 Å². The first kappa shape index (κ1) is 10.6. The van der Waals surface area contributed by atoms with Crippen LogP contribution in [0.4, 0.5) is 0 Å². The number of hydrogen-bond acceptors (Lipinski definition) is 3. The van der Waals surface area contributed by atoms with Gasteiger partial charge in [-0.2, -0.15) is 5.26 Å². The smallest absolute Gasteiger partial charge is 0.121 e. The van der Waals surface area contributed by atoms with Crippen LogP contribution in [0.15, 0.2) is 18.2 Å². The van der Waals surface area contributed by atoms with Crippen molar-refractivity contribution in [2.75, 3.05) is 7.11 Å². The minimum Gasteiger partial charge on any atom is -0.496 e. The van der Waals surface area contributed by atoms with Crippen molar-refractivity contribution < 1.29 is 4.74 Å². The molecule has 1 aromatic rings. The van der Waals surface area contributed by atoms with Crippen molar-refractivity contribution in [3.63, 3.8) is 0 Å². The third kappa shape index (κ3) is 2.24. The maximum absolute atomic E-state index is 8.51. The molecule has 1 rings (SSSR count). The van der Waals surface area contributed by atoms with E-state index in [9.17, 15) is 0 Å². The Labute approximate surface area is 84.1 Å². The van der Waals surface area contributed by atoms with E-state index < -0.39 is 0 Å². The fraction of sp³-hybridized carbons (Fsp3) is 0.364. The van der Waals surface area contributed by atoms with Gasteiger partial charge in [0.2, 0.25) is 0 Å². The van der Waals surface area contributed by atoms with E-state index in [2.05, 4.69) is 6.07 Å². The molecule has 0 aliphatic rings. The number of hydrogen-bond donors (Lipinski definition) is 1. The van der Waals surface area contributed by atoms with Crippen LogP contribution in [-0.2, 0) is 0 Å². The van der Waals surface area contributed by atoms with Crippen LogP contribution in [-0.4, -0.2) is 7.11 Å². The van der Waals surface area contributed by atoms with Crippen LogP contribution in [0.1, 0.15) is 23.6 Å². The Bertz CT molecular complexity index is 355. The van der Waals surface area contributed by atoms with Gasteiger partial charge < -0.3 is 10.5 Å². The second kappa shape index (κ2) is 4.64. The normalized spacial score (nSPS) is 11.9. The van der Waals surface area contributed by atoms with Gasteiger partial charge in [0.15, 0.2) is 0 Å². The minimum atomic E-state index is -0.204. The molecule has 0 saturated carbocycles. The van der Waals surface area contributed by atoms with Crippen LogP contribution in [0, 0.1) is 18.3 Å². The van der Waals surface area contributed by atoms with E-state index in [0.29, 0.717) is 6.42 Å². The van der Waals surface area contributed by atoms with Crippen molar-refractivity contribution in [1.82, 2.24) is 0 Å². The zero-order valence-electron chi connectivity index (χ0n) is 8.45. The lowest BCUT2D eigenvalue weighted by Gasteiger charge is -2.11. The molecule has 2 N–H and O–H groups in total. The first-order chi connectivity index (χ1) is 6.69. The van der Waals surface area contributed by atoms with Crippen molar-refractivity contribution in [2.45, 2.75) is 19.4 Å². The Hall–Kier alpha value is -1.53. The van der Waals surface area contributed by atoms with E-state index in [1.165, 1.54) is 0 Å². The largest absolute Gasteiger partial charge is 0.496 e. The molecule has 0 spiro atoms. The average molecular weight is 190 g/mol. The Morgan fingerprint density at radius 2 is 2.29 bits per heavy atom. The van der Waals surface area contributed by atoms with Gasteiger partial charge in [-0.3, -0.25) is 0 Å². The molecule has 1 aromatic carbocycles. The summed E-state index contributed by atoms with van der Waals surface area (Å²) in [4.78, 5) is 0. The molecule has 0 radical (unpaired) electrons. The molecule has 3 heteroatoms. The van der Waals surface area contributed by atoms with Crippen LogP contribution in [0.3, 0.4) is 0 Å². The number of rotatable bonds is 3. The summed E-state index contributed by atoms with van der Waals surface area (Å²) in [5.41, 5.74) is 7.82. The van der Waals surface area contributed by atoms with Gasteiger partial charge in [0.25, 0.3) is 0 Å². The predicted molar refractivity (Wildman–Crippen MR) is 54.9 cm³/mol. The first-order valence-corrected chi connectivity index (χ1v) is 4.46. The summed E-state index contributed by atoms with van der Waals surface area (Å²) in [5, 5.41) is 8.51. The fourth-order valence-corrected chi connectivity index (χ4v) is 1.35. The molecule has 0 aromatic heterocycles. The van der Waals surface area contributed by atoms with Gasteiger partial charge in [0.05, 0.1) is 19.6 Å². The van der Waals surface area contributed by atoms with E-state index in [0.717, 1.165) is 16.9 Å². The Balaban J connectivity index is 2.92. The maximum atomic E-state index is 8.51. The summed E-state index contributed by atoms with van der Waals surface area (Å²) >= 11 is 0. The van der Waals surface area contributed by atoms with Crippen LogP contribution in [0.5, 0.6) is 5.75 Å². The molecule has 1 atom stereocenters. The van der Waals surface area contributed by atoms with E-state index in [4.69, 9.17) is 15.7 Å². The molecule has 1 unspecified atom stereocenters. The van der Waals surface area contributed by atoms with Crippen molar-refractivity contribution in [3.05, 3.63) is 29.3 Å². The molecule has 0 aliphatic carbocycles. The van der Waals surface area contributed by atoms with Crippen LogP contribution in [0.2, 0.25) is 0 Å². The molecule has 0 bridgehead atoms. The SMILES string of the molecule is COc1ccc(C(N)CC#N)cc1C. The molecule has 74 valence electrons. The molecule has 0 fully saturated rings. The summed E-state index contributed by atoms with van der Waals surface area (Å²) < 4.78 is 5.13. The maximum Gasteiger partial charge on any atom is 0.121 e. The Kier molecular flexibility index (Phi) is 3.49. The number of nitriles is 1. The summed E-state index contributed by atoms with van der Waals surface area (Å²) in [6, 6.07) is 7.59. The molecule has 0 aliphatic heterocycles. The predicted octanol–water partition coefficient (Wildman–Crippen LogP) is 1.92. The summed E-state index contributed by atoms with van der Waals surface area (Å²) in [6.07, 6.45) is 0.339. The van der Waals surface area contributed by atoms with Gasteiger partial charge in [-0.15, -0.1) is 0 Å². The van der Waals surface area contributed by atoms with Gasteiger partial charge in [0, 0.05) is 6.04 Å². The van der Waals surface area contributed by atoms with Crippen molar-refractivity contribution in [3.8, 4) is 11.8 Å². The third-order valence-corrected chi connectivity index (χ3v) is 2.16. The van der Waals surface area contributed by atoms with Crippen LogP contribution < -0.4 is 10.5 Å². The van der Waals surface area contributed by atoms with Gasteiger partial charge >= 0.3 is 0 Å². The second-order valence-corrected chi connectivity index (χ2v) is 3.20. The van der Waals surface area contributed by atoms with Gasteiger partial charge in [0.1, 0.15) is 5.75 Å². The standard InChI is InChI=1S/C11H14N2O/c1-8-7-9(10(13)5-6-12)3-4-11(8)14-2/h3-4,7,10H,5,13H2,1-2H3. The zero-order chi connectivity index (χ0) is 10.6. The third-order valence-electron chi connectivity index (χ3n) is 2.16. The average Bonchev–Trinajstić information content (AvgIpc) is 2.18. The van der Waals surface area contributed by atoms with E-state index >= 15 is 0 Å². The number of methoxy groups -OCH3 is 1. The number of ether oxygens (including phenoxy) is 1.